The van der Waals surface area contributed by atoms with Gasteiger partial charge in [-0.2, -0.15) is 0 Å². The van der Waals surface area contributed by atoms with Crippen molar-refractivity contribution in [1.29, 1.82) is 0 Å². The predicted molar refractivity (Wildman–Crippen MR) is 76.1 cm³/mol. The first-order valence-corrected chi connectivity index (χ1v) is 7.53. The Balaban J connectivity index is 2.73. The molecule has 1 heterocycles. The van der Waals surface area contributed by atoms with Crippen molar-refractivity contribution in [1.82, 2.24) is 4.90 Å². The van der Waals surface area contributed by atoms with Crippen molar-refractivity contribution in [2.24, 2.45) is 17.6 Å². The Morgan fingerprint density at radius 1 is 1.18 bits per heavy atom. The van der Waals surface area contributed by atoms with E-state index in [-0.39, 0.29) is 5.54 Å². The minimum absolute atomic E-state index is 0.277. The number of rotatable bonds is 6. The summed E-state index contributed by atoms with van der Waals surface area (Å²) < 4.78 is 0. The van der Waals surface area contributed by atoms with Gasteiger partial charge in [0.25, 0.3) is 0 Å². The molecule has 102 valence electrons. The minimum atomic E-state index is 0.277. The predicted octanol–water partition coefficient (Wildman–Crippen LogP) is 3.26. The number of hydrogen-bond acceptors (Lipinski definition) is 2. The van der Waals surface area contributed by atoms with E-state index >= 15 is 0 Å². The van der Waals surface area contributed by atoms with Crippen LogP contribution in [0.4, 0.5) is 0 Å². The maximum Gasteiger partial charge on any atom is 0.0329 e. The Bertz CT molecular complexity index is 201. The first kappa shape index (κ1) is 15.0. The lowest BCUT2D eigenvalue weighted by molar-refractivity contribution is 0.0189. The van der Waals surface area contributed by atoms with Crippen molar-refractivity contribution in [3.05, 3.63) is 0 Å². The highest BCUT2D eigenvalue weighted by molar-refractivity contribution is 4.93. The fourth-order valence-corrected chi connectivity index (χ4v) is 3.49. The summed E-state index contributed by atoms with van der Waals surface area (Å²) >= 11 is 0. The Morgan fingerprint density at radius 2 is 1.76 bits per heavy atom. The van der Waals surface area contributed by atoms with Gasteiger partial charge in [0.15, 0.2) is 0 Å². The van der Waals surface area contributed by atoms with Crippen molar-refractivity contribution in [2.45, 2.75) is 65.3 Å². The molecule has 2 N–H and O–H groups in total. The van der Waals surface area contributed by atoms with Crippen LogP contribution in [0.5, 0.6) is 0 Å². The van der Waals surface area contributed by atoms with Gasteiger partial charge in [-0.15, -0.1) is 0 Å². The quantitative estimate of drug-likeness (QED) is 0.772. The monoisotopic (exact) mass is 240 g/mol. The Kier molecular flexibility index (Phi) is 5.94. The molecule has 2 heteroatoms. The second kappa shape index (κ2) is 6.75. The van der Waals surface area contributed by atoms with Gasteiger partial charge in [0.2, 0.25) is 0 Å². The zero-order chi connectivity index (χ0) is 12.9. The molecule has 0 bridgehead atoms. The third-order valence-electron chi connectivity index (χ3n) is 4.57. The molecule has 0 spiro atoms. The second-order valence-electron chi connectivity index (χ2n) is 6.24. The van der Waals surface area contributed by atoms with Crippen LogP contribution in [0.3, 0.4) is 0 Å². The summed E-state index contributed by atoms with van der Waals surface area (Å²) in [5.41, 5.74) is 6.42. The highest BCUT2D eigenvalue weighted by Gasteiger charge is 2.36. The molecule has 2 nitrogen and oxygen atoms in total. The van der Waals surface area contributed by atoms with Crippen LogP contribution in [0.1, 0.15) is 59.8 Å². The van der Waals surface area contributed by atoms with Crippen LogP contribution in [-0.4, -0.2) is 30.1 Å². The van der Waals surface area contributed by atoms with E-state index in [0.29, 0.717) is 0 Å². The molecule has 1 aliphatic heterocycles. The van der Waals surface area contributed by atoms with Crippen molar-refractivity contribution < 1.29 is 0 Å². The van der Waals surface area contributed by atoms with Crippen LogP contribution in [-0.2, 0) is 0 Å². The number of nitrogens with zero attached hydrogens (tertiary/aromatic N) is 1. The van der Waals surface area contributed by atoms with Crippen LogP contribution >= 0.6 is 0 Å². The van der Waals surface area contributed by atoms with Gasteiger partial charge in [-0.05, 0) is 31.1 Å². The molecule has 0 aromatic carbocycles. The average molecular weight is 240 g/mol. The first-order valence-electron chi connectivity index (χ1n) is 7.53. The maximum atomic E-state index is 6.14. The molecule has 17 heavy (non-hydrogen) atoms. The van der Waals surface area contributed by atoms with E-state index in [4.69, 9.17) is 5.73 Å². The van der Waals surface area contributed by atoms with E-state index < -0.39 is 0 Å². The molecule has 0 saturated carbocycles. The molecule has 0 aromatic rings. The van der Waals surface area contributed by atoms with Crippen molar-refractivity contribution in [2.75, 3.05) is 19.6 Å². The first-order chi connectivity index (χ1) is 8.07. The zero-order valence-corrected chi connectivity index (χ0v) is 12.3. The molecule has 3 atom stereocenters. The molecule has 1 rings (SSSR count). The summed E-state index contributed by atoms with van der Waals surface area (Å²) in [6.07, 6.45) is 6.44. The van der Waals surface area contributed by atoms with E-state index in [2.05, 4.69) is 32.6 Å². The van der Waals surface area contributed by atoms with E-state index in [1.807, 2.05) is 0 Å². The molecule has 1 aliphatic rings. The smallest absolute Gasteiger partial charge is 0.0329 e. The van der Waals surface area contributed by atoms with Gasteiger partial charge in [-0.25, -0.2) is 0 Å². The maximum absolute atomic E-state index is 6.14. The van der Waals surface area contributed by atoms with Gasteiger partial charge in [-0.3, -0.25) is 4.90 Å². The van der Waals surface area contributed by atoms with E-state index in [1.165, 1.54) is 45.2 Å². The Labute approximate surface area is 108 Å². The third kappa shape index (κ3) is 3.69. The number of unbranched alkanes of at least 4 members (excludes halogenated alkanes) is 1. The van der Waals surface area contributed by atoms with E-state index in [0.717, 1.165) is 18.4 Å². The van der Waals surface area contributed by atoms with Gasteiger partial charge < -0.3 is 5.73 Å². The molecule has 0 amide bonds. The summed E-state index contributed by atoms with van der Waals surface area (Å²) in [7, 11) is 0. The Hall–Kier alpha value is -0.0800. The average Bonchev–Trinajstić information content (AvgIpc) is 2.30. The summed E-state index contributed by atoms with van der Waals surface area (Å²) in [5.74, 6) is 1.66. The van der Waals surface area contributed by atoms with Gasteiger partial charge in [0.1, 0.15) is 0 Å². The lowest BCUT2D eigenvalue weighted by Gasteiger charge is -2.48. The summed E-state index contributed by atoms with van der Waals surface area (Å²) in [4.78, 5) is 2.71. The van der Waals surface area contributed by atoms with E-state index in [1.54, 1.807) is 0 Å². The molecule has 3 unspecified atom stereocenters. The second-order valence-corrected chi connectivity index (χ2v) is 6.24. The Morgan fingerprint density at radius 3 is 2.18 bits per heavy atom. The van der Waals surface area contributed by atoms with Crippen LogP contribution in [0.25, 0.3) is 0 Å². The van der Waals surface area contributed by atoms with Crippen LogP contribution in [0.2, 0.25) is 0 Å². The SMILES string of the molecule is CCCCC(CC)(CN)N1CC(C)CC(C)C1. The molecule has 1 fully saturated rings. The molecular formula is C15H32N2. The van der Waals surface area contributed by atoms with Gasteiger partial charge in [-0.1, -0.05) is 40.5 Å². The van der Waals surface area contributed by atoms with Crippen LogP contribution < -0.4 is 5.73 Å². The van der Waals surface area contributed by atoms with Crippen LogP contribution in [0.15, 0.2) is 0 Å². The van der Waals surface area contributed by atoms with Crippen molar-refractivity contribution in [3.63, 3.8) is 0 Å². The summed E-state index contributed by atoms with van der Waals surface area (Å²) in [5, 5.41) is 0. The highest BCUT2D eigenvalue weighted by atomic mass is 15.2. The molecule has 0 aliphatic carbocycles. The minimum Gasteiger partial charge on any atom is -0.329 e. The highest BCUT2D eigenvalue weighted by Crippen LogP contribution is 2.32. The lowest BCUT2D eigenvalue weighted by atomic mass is 9.82. The molecular weight excluding hydrogens is 208 g/mol. The molecule has 0 aromatic heterocycles. The van der Waals surface area contributed by atoms with Gasteiger partial charge in [0.05, 0.1) is 0 Å². The van der Waals surface area contributed by atoms with E-state index in [9.17, 15) is 0 Å². The number of nitrogens with two attached hydrogens (primary N) is 1. The fourth-order valence-electron chi connectivity index (χ4n) is 3.49. The van der Waals surface area contributed by atoms with Crippen molar-refractivity contribution in [3.8, 4) is 0 Å². The lowest BCUT2D eigenvalue weighted by Crippen LogP contribution is -2.57. The molecule has 1 saturated heterocycles. The fraction of sp³-hybridized carbons (Fsp3) is 1.00. The number of piperidine rings is 1. The largest absolute Gasteiger partial charge is 0.329 e. The summed E-state index contributed by atoms with van der Waals surface area (Å²) in [6, 6.07) is 0. The van der Waals surface area contributed by atoms with Gasteiger partial charge >= 0.3 is 0 Å². The number of likely N-dealkylation sites (tertiary alicyclic amines) is 1. The normalized spacial score (nSPS) is 30.2. The third-order valence-corrected chi connectivity index (χ3v) is 4.57. The summed E-state index contributed by atoms with van der Waals surface area (Å²) in [6.45, 7) is 12.7. The molecule has 0 radical (unpaired) electrons. The van der Waals surface area contributed by atoms with Crippen molar-refractivity contribution >= 4 is 0 Å². The standard InChI is InChI=1S/C15H32N2/c1-5-7-8-15(6-2,12-16)17-10-13(3)9-14(4)11-17/h13-14H,5-12,16H2,1-4H3. The van der Waals surface area contributed by atoms with Crippen LogP contribution in [0, 0.1) is 11.8 Å². The van der Waals surface area contributed by atoms with Gasteiger partial charge in [0, 0.05) is 25.2 Å². The zero-order valence-electron chi connectivity index (χ0n) is 12.3. The topological polar surface area (TPSA) is 29.3 Å². The number of hydrogen-bond donors (Lipinski definition) is 1.